The van der Waals surface area contributed by atoms with Crippen molar-refractivity contribution in [1.82, 2.24) is 10.6 Å². The summed E-state index contributed by atoms with van der Waals surface area (Å²) in [5.41, 5.74) is 1.43. The number of thioether (sulfide) groups is 1. The van der Waals surface area contributed by atoms with Crippen LogP contribution in [0.5, 0.6) is 0 Å². The monoisotopic (exact) mass is 156 g/mol. The molecule has 2 heterocycles. The molecule has 2 rings (SSSR count). The molecule has 56 valence electrons. The molecule has 0 amide bonds. The number of rotatable bonds is 0. The molecule has 0 radical (unpaired) electrons. The van der Waals surface area contributed by atoms with Crippen molar-refractivity contribution in [2.45, 2.75) is 25.1 Å². The minimum absolute atomic E-state index is 0.579. The van der Waals surface area contributed by atoms with Crippen LogP contribution in [0, 0.1) is 0 Å². The lowest BCUT2D eigenvalue weighted by molar-refractivity contribution is 0.645. The van der Waals surface area contributed by atoms with Crippen molar-refractivity contribution < 1.29 is 0 Å². The molecule has 0 aromatic carbocycles. The normalized spacial score (nSPS) is 31.1. The quantitative estimate of drug-likeness (QED) is 0.551. The minimum Gasteiger partial charge on any atom is -0.378 e. The van der Waals surface area contributed by atoms with Crippen molar-refractivity contribution in [3.63, 3.8) is 0 Å². The Morgan fingerprint density at radius 3 is 3.30 bits per heavy atom. The molecule has 0 spiro atoms. The summed E-state index contributed by atoms with van der Waals surface area (Å²) in [4.78, 5) is 0. The highest BCUT2D eigenvalue weighted by Crippen LogP contribution is 2.31. The van der Waals surface area contributed by atoms with Crippen LogP contribution in [0.1, 0.15) is 19.8 Å². The summed E-state index contributed by atoms with van der Waals surface area (Å²) in [6, 6.07) is 0. The summed E-state index contributed by atoms with van der Waals surface area (Å²) < 4.78 is 0. The number of hydrogen-bond donors (Lipinski definition) is 2. The molecule has 0 fully saturated rings. The van der Waals surface area contributed by atoms with Crippen LogP contribution < -0.4 is 10.6 Å². The van der Waals surface area contributed by atoms with Gasteiger partial charge in [0.1, 0.15) is 0 Å². The standard InChI is InChI=1S/C7H12N2S/c1-5-9-6-3-2-4-8-7(6)10-5/h5,8-9H,2-4H2,1H3. The second-order valence-corrected chi connectivity index (χ2v) is 4.09. The van der Waals surface area contributed by atoms with Gasteiger partial charge in [0.05, 0.1) is 10.4 Å². The average molecular weight is 156 g/mol. The van der Waals surface area contributed by atoms with E-state index in [0.29, 0.717) is 5.37 Å². The third-order valence-electron chi connectivity index (χ3n) is 1.84. The van der Waals surface area contributed by atoms with E-state index in [2.05, 4.69) is 17.6 Å². The Labute approximate surface area is 65.5 Å². The topological polar surface area (TPSA) is 24.1 Å². The maximum atomic E-state index is 3.44. The first-order chi connectivity index (χ1) is 4.86. The fourth-order valence-electron chi connectivity index (χ4n) is 1.39. The second-order valence-electron chi connectivity index (χ2n) is 2.74. The van der Waals surface area contributed by atoms with E-state index in [1.807, 2.05) is 11.8 Å². The molecule has 0 aromatic rings. The molecule has 2 nitrogen and oxygen atoms in total. The van der Waals surface area contributed by atoms with Crippen molar-refractivity contribution in [3.05, 3.63) is 10.7 Å². The molecule has 2 aliphatic heterocycles. The van der Waals surface area contributed by atoms with Gasteiger partial charge >= 0.3 is 0 Å². The van der Waals surface area contributed by atoms with Crippen LogP contribution >= 0.6 is 11.8 Å². The van der Waals surface area contributed by atoms with Gasteiger partial charge < -0.3 is 10.6 Å². The molecule has 2 aliphatic rings. The summed E-state index contributed by atoms with van der Waals surface area (Å²) in [6.07, 6.45) is 2.51. The number of hydrogen-bond acceptors (Lipinski definition) is 3. The first-order valence-corrected chi connectivity index (χ1v) is 4.64. The fourth-order valence-corrected chi connectivity index (χ4v) is 2.43. The molecule has 10 heavy (non-hydrogen) atoms. The van der Waals surface area contributed by atoms with E-state index in [0.717, 1.165) is 6.54 Å². The van der Waals surface area contributed by atoms with Gasteiger partial charge in [0.15, 0.2) is 0 Å². The Hall–Kier alpha value is -0.310. The Morgan fingerprint density at radius 2 is 2.50 bits per heavy atom. The van der Waals surface area contributed by atoms with E-state index in [9.17, 15) is 0 Å². The van der Waals surface area contributed by atoms with Crippen LogP contribution in [-0.2, 0) is 0 Å². The van der Waals surface area contributed by atoms with Crippen LogP contribution in [-0.4, -0.2) is 11.9 Å². The molecule has 0 aromatic heterocycles. The lowest BCUT2D eigenvalue weighted by Crippen LogP contribution is -2.22. The highest BCUT2D eigenvalue weighted by Gasteiger charge is 2.22. The molecule has 0 saturated carbocycles. The Morgan fingerprint density at radius 1 is 1.60 bits per heavy atom. The lowest BCUT2D eigenvalue weighted by atomic mass is 10.2. The summed E-state index contributed by atoms with van der Waals surface area (Å²) in [5, 5.41) is 8.79. The van der Waals surface area contributed by atoms with Crippen molar-refractivity contribution >= 4 is 11.8 Å². The highest BCUT2D eigenvalue weighted by molar-refractivity contribution is 8.03. The maximum Gasteiger partial charge on any atom is 0.0895 e. The van der Waals surface area contributed by atoms with E-state index in [1.165, 1.54) is 23.6 Å². The first kappa shape index (κ1) is 6.40. The predicted molar refractivity (Wildman–Crippen MR) is 44.5 cm³/mol. The van der Waals surface area contributed by atoms with E-state index in [1.54, 1.807) is 0 Å². The Bertz CT molecular complexity index is 158. The third kappa shape index (κ3) is 0.985. The largest absolute Gasteiger partial charge is 0.378 e. The second kappa shape index (κ2) is 2.38. The molecular formula is C7H12N2S. The van der Waals surface area contributed by atoms with E-state index in [-0.39, 0.29) is 0 Å². The van der Waals surface area contributed by atoms with Gasteiger partial charge in [-0.15, -0.1) is 0 Å². The van der Waals surface area contributed by atoms with Gasteiger partial charge in [0.2, 0.25) is 0 Å². The van der Waals surface area contributed by atoms with Crippen LogP contribution in [0.25, 0.3) is 0 Å². The van der Waals surface area contributed by atoms with Crippen LogP contribution in [0.4, 0.5) is 0 Å². The summed E-state index contributed by atoms with van der Waals surface area (Å²) in [5.74, 6) is 0. The number of allylic oxidation sites excluding steroid dienone is 1. The zero-order chi connectivity index (χ0) is 6.97. The molecular weight excluding hydrogens is 144 g/mol. The molecule has 0 bridgehead atoms. The highest BCUT2D eigenvalue weighted by atomic mass is 32.2. The van der Waals surface area contributed by atoms with E-state index in [4.69, 9.17) is 0 Å². The molecule has 0 saturated heterocycles. The van der Waals surface area contributed by atoms with Gasteiger partial charge in [-0.25, -0.2) is 0 Å². The summed E-state index contributed by atoms with van der Waals surface area (Å²) in [7, 11) is 0. The van der Waals surface area contributed by atoms with E-state index < -0.39 is 0 Å². The smallest absolute Gasteiger partial charge is 0.0895 e. The van der Waals surface area contributed by atoms with Crippen LogP contribution in [0.3, 0.4) is 0 Å². The van der Waals surface area contributed by atoms with Crippen molar-refractivity contribution in [3.8, 4) is 0 Å². The molecule has 0 aliphatic carbocycles. The van der Waals surface area contributed by atoms with Gasteiger partial charge in [-0.3, -0.25) is 0 Å². The van der Waals surface area contributed by atoms with Gasteiger partial charge in [0, 0.05) is 12.2 Å². The SMILES string of the molecule is CC1NC2=C(NCCC2)S1. The van der Waals surface area contributed by atoms with Crippen LogP contribution in [0.15, 0.2) is 10.7 Å². The predicted octanol–water partition coefficient (Wildman–Crippen LogP) is 1.22. The fraction of sp³-hybridized carbons (Fsp3) is 0.714. The zero-order valence-corrected chi connectivity index (χ0v) is 6.92. The average Bonchev–Trinajstić information content (AvgIpc) is 2.27. The molecule has 2 N–H and O–H groups in total. The van der Waals surface area contributed by atoms with E-state index >= 15 is 0 Å². The number of nitrogens with one attached hydrogen (secondary N) is 2. The van der Waals surface area contributed by atoms with Crippen molar-refractivity contribution in [2.24, 2.45) is 0 Å². The first-order valence-electron chi connectivity index (χ1n) is 3.76. The van der Waals surface area contributed by atoms with Crippen molar-refractivity contribution in [1.29, 1.82) is 0 Å². The minimum atomic E-state index is 0.579. The third-order valence-corrected chi connectivity index (χ3v) is 2.93. The molecule has 3 heteroatoms. The van der Waals surface area contributed by atoms with Crippen molar-refractivity contribution in [2.75, 3.05) is 6.54 Å². The zero-order valence-electron chi connectivity index (χ0n) is 6.11. The molecule has 1 unspecified atom stereocenters. The maximum absolute atomic E-state index is 3.44. The summed E-state index contributed by atoms with van der Waals surface area (Å²) in [6.45, 7) is 3.35. The van der Waals surface area contributed by atoms with Gasteiger partial charge in [-0.2, -0.15) is 0 Å². The lowest BCUT2D eigenvalue weighted by Gasteiger charge is -2.14. The van der Waals surface area contributed by atoms with Crippen LogP contribution in [0.2, 0.25) is 0 Å². The Kier molecular flexibility index (Phi) is 1.52. The summed E-state index contributed by atoms with van der Waals surface area (Å²) >= 11 is 1.91. The Balaban J connectivity index is 2.13. The van der Waals surface area contributed by atoms with Gasteiger partial charge in [-0.1, -0.05) is 11.8 Å². The molecule has 1 atom stereocenters. The van der Waals surface area contributed by atoms with Gasteiger partial charge in [0.25, 0.3) is 0 Å². The van der Waals surface area contributed by atoms with Gasteiger partial charge in [-0.05, 0) is 19.8 Å².